The van der Waals surface area contributed by atoms with Crippen LogP contribution in [0.1, 0.15) is 54.0 Å². The molecule has 0 aromatic heterocycles. The smallest absolute Gasteiger partial charge is 0.497 e. The number of hydrogen-bond donors (Lipinski definition) is 0. The van der Waals surface area contributed by atoms with Crippen LogP contribution in [0, 0.1) is 0 Å². The molecule has 1 heterocycles. The maximum Gasteiger partial charge on any atom is 0.502 e. The lowest BCUT2D eigenvalue weighted by atomic mass is 9.75. The van der Waals surface area contributed by atoms with Crippen molar-refractivity contribution in [3.63, 3.8) is 0 Å². The standard InChI is InChI=1S/C18H29BO4/c1-16(2,3)12-10-13(20-8)15(14(11-12)21-9)19-22-17(4,5)18(6,7)23-19/h10-11H,1-9H3. The van der Waals surface area contributed by atoms with Gasteiger partial charge in [0, 0.05) is 0 Å². The van der Waals surface area contributed by atoms with Crippen LogP contribution in [-0.4, -0.2) is 32.5 Å². The van der Waals surface area contributed by atoms with Crippen LogP contribution in [0.2, 0.25) is 0 Å². The molecular weight excluding hydrogens is 291 g/mol. The molecule has 5 heteroatoms. The minimum Gasteiger partial charge on any atom is -0.497 e. The zero-order valence-corrected chi connectivity index (χ0v) is 15.9. The first-order valence-electron chi connectivity index (χ1n) is 8.05. The van der Waals surface area contributed by atoms with Crippen molar-refractivity contribution >= 4 is 12.6 Å². The molecule has 1 aliphatic heterocycles. The summed E-state index contributed by atoms with van der Waals surface area (Å²) in [6.45, 7) is 14.6. The molecule has 1 fully saturated rings. The molecule has 4 nitrogen and oxygen atoms in total. The van der Waals surface area contributed by atoms with E-state index < -0.39 is 18.3 Å². The number of hydrogen-bond acceptors (Lipinski definition) is 4. The molecule has 1 aromatic carbocycles. The molecule has 0 amide bonds. The second-order valence-electron chi connectivity index (χ2n) is 8.13. The van der Waals surface area contributed by atoms with Crippen molar-refractivity contribution < 1.29 is 18.8 Å². The monoisotopic (exact) mass is 320 g/mol. The second-order valence-corrected chi connectivity index (χ2v) is 8.13. The summed E-state index contributed by atoms with van der Waals surface area (Å²) in [5.41, 5.74) is 1.13. The first-order chi connectivity index (χ1) is 10.4. The van der Waals surface area contributed by atoms with Crippen molar-refractivity contribution in [2.45, 2.75) is 65.1 Å². The fourth-order valence-corrected chi connectivity index (χ4v) is 2.57. The molecule has 1 saturated heterocycles. The van der Waals surface area contributed by atoms with E-state index in [1.807, 2.05) is 39.8 Å². The van der Waals surface area contributed by atoms with Crippen LogP contribution in [-0.2, 0) is 14.7 Å². The van der Waals surface area contributed by atoms with Gasteiger partial charge in [0.25, 0.3) is 0 Å². The Kier molecular flexibility index (Phi) is 4.51. The van der Waals surface area contributed by atoms with Crippen molar-refractivity contribution in [2.75, 3.05) is 14.2 Å². The van der Waals surface area contributed by atoms with Gasteiger partial charge in [-0.05, 0) is 50.8 Å². The molecule has 128 valence electrons. The van der Waals surface area contributed by atoms with E-state index in [0.717, 1.165) is 22.5 Å². The highest BCUT2D eigenvalue weighted by Crippen LogP contribution is 2.39. The summed E-state index contributed by atoms with van der Waals surface area (Å²) in [5, 5.41) is 0. The predicted octanol–water partition coefficient (Wildman–Crippen LogP) is 3.30. The lowest BCUT2D eigenvalue weighted by Gasteiger charge is -2.32. The number of methoxy groups -OCH3 is 2. The van der Waals surface area contributed by atoms with Crippen LogP contribution >= 0.6 is 0 Å². The van der Waals surface area contributed by atoms with E-state index >= 15 is 0 Å². The highest BCUT2D eigenvalue weighted by molar-refractivity contribution is 6.64. The lowest BCUT2D eigenvalue weighted by molar-refractivity contribution is 0.00578. The number of rotatable bonds is 3. The van der Waals surface area contributed by atoms with E-state index in [0.29, 0.717) is 0 Å². The van der Waals surface area contributed by atoms with Crippen LogP contribution < -0.4 is 14.9 Å². The molecule has 0 aliphatic carbocycles. The molecule has 0 atom stereocenters. The van der Waals surface area contributed by atoms with Crippen LogP contribution in [0.5, 0.6) is 11.5 Å². The van der Waals surface area contributed by atoms with E-state index in [1.165, 1.54) is 0 Å². The number of benzene rings is 1. The number of ether oxygens (including phenoxy) is 2. The zero-order valence-electron chi connectivity index (χ0n) is 15.9. The normalized spacial score (nSPS) is 19.8. The summed E-state index contributed by atoms with van der Waals surface area (Å²) < 4.78 is 23.6. The van der Waals surface area contributed by atoms with E-state index in [4.69, 9.17) is 18.8 Å². The van der Waals surface area contributed by atoms with E-state index in [1.54, 1.807) is 14.2 Å². The maximum atomic E-state index is 6.18. The van der Waals surface area contributed by atoms with E-state index in [2.05, 4.69) is 20.8 Å². The molecule has 0 N–H and O–H groups in total. The van der Waals surface area contributed by atoms with Crippen molar-refractivity contribution in [1.29, 1.82) is 0 Å². The first kappa shape index (κ1) is 18.1. The quantitative estimate of drug-likeness (QED) is 0.801. The first-order valence-corrected chi connectivity index (χ1v) is 8.05. The average molecular weight is 320 g/mol. The highest BCUT2D eigenvalue weighted by atomic mass is 16.7. The van der Waals surface area contributed by atoms with Gasteiger partial charge in [0.2, 0.25) is 0 Å². The molecule has 0 unspecified atom stereocenters. The molecule has 1 aromatic rings. The molecular formula is C18H29BO4. The summed E-state index contributed by atoms with van der Waals surface area (Å²) in [5.74, 6) is 1.46. The molecule has 2 rings (SSSR count). The van der Waals surface area contributed by atoms with Crippen LogP contribution in [0.3, 0.4) is 0 Å². The highest BCUT2D eigenvalue weighted by Gasteiger charge is 2.53. The van der Waals surface area contributed by atoms with E-state index in [9.17, 15) is 0 Å². The molecule has 0 bridgehead atoms. The summed E-state index contributed by atoms with van der Waals surface area (Å²) in [6.07, 6.45) is 0. The fraction of sp³-hybridized carbons (Fsp3) is 0.667. The maximum absolute atomic E-state index is 6.18. The molecule has 0 spiro atoms. The van der Waals surface area contributed by atoms with Crippen LogP contribution in [0.15, 0.2) is 12.1 Å². The van der Waals surface area contributed by atoms with Gasteiger partial charge in [0.1, 0.15) is 11.5 Å². The van der Waals surface area contributed by atoms with Gasteiger partial charge in [-0.3, -0.25) is 0 Å². The molecule has 23 heavy (non-hydrogen) atoms. The average Bonchev–Trinajstić information content (AvgIpc) is 2.64. The third-order valence-corrected chi connectivity index (χ3v) is 4.90. The Morgan fingerprint density at radius 1 is 0.870 bits per heavy atom. The van der Waals surface area contributed by atoms with Gasteiger partial charge in [0.05, 0.1) is 30.9 Å². The van der Waals surface area contributed by atoms with Gasteiger partial charge >= 0.3 is 7.12 Å². The Labute approximate surface area is 140 Å². The fourth-order valence-electron chi connectivity index (χ4n) is 2.57. The Morgan fingerprint density at radius 2 is 1.26 bits per heavy atom. The predicted molar refractivity (Wildman–Crippen MR) is 94.0 cm³/mol. The van der Waals surface area contributed by atoms with Crippen molar-refractivity contribution in [2.24, 2.45) is 0 Å². The molecule has 1 aliphatic rings. The Bertz CT molecular complexity index is 546. The van der Waals surface area contributed by atoms with Crippen molar-refractivity contribution in [1.82, 2.24) is 0 Å². The van der Waals surface area contributed by atoms with Crippen molar-refractivity contribution in [3.05, 3.63) is 17.7 Å². The SMILES string of the molecule is COc1cc(C(C)(C)C)cc(OC)c1B1OC(C)(C)C(C)(C)O1. The Balaban J connectivity index is 2.55. The van der Waals surface area contributed by atoms with Gasteiger partial charge in [0.15, 0.2) is 0 Å². The van der Waals surface area contributed by atoms with Crippen LogP contribution in [0.25, 0.3) is 0 Å². The minimum absolute atomic E-state index is 0.00494. The topological polar surface area (TPSA) is 36.9 Å². The second kappa shape index (κ2) is 5.71. The summed E-state index contributed by atoms with van der Waals surface area (Å²) >= 11 is 0. The summed E-state index contributed by atoms with van der Waals surface area (Å²) in [6, 6.07) is 4.09. The molecule has 0 radical (unpaired) electrons. The third-order valence-electron chi connectivity index (χ3n) is 4.90. The Morgan fingerprint density at radius 3 is 1.57 bits per heavy atom. The van der Waals surface area contributed by atoms with Gasteiger partial charge in [-0.2, -0.15) is 0 Å². The van der Waals surface area contributed by atoms with Gasteiger partial charge in [-0.1, -0.05) is 20.8 Å². The third kappa shape index (κ3) is 3.22. The molecule has 0 saturated carbocycles. The van der Waals surface area contributed by atoms with Crippen LogP contribution in [0.4, 0.5) is 0 Å². The van der Waals surface area contributed by atoms with Gasteiger partial charge < -0.3 is 18.8 Å². The minimum atomic E-state index is -0.515. The summed E-state index contributed by atoms with van der Waals surface area (Å²) in [7, 11) is 2.81. The van der Waals surface area contributed by atoms with Gasteiger partial charge in [-0.15, -0.1) is 0 Å². The summed E-state index contributed by atoms with van der Waals surface area (Å²) in [4.78, 5) is 0. The largest absolute Gasteiger partial charge is 0.502 e. The Hall–Kier alpha value is -1.20. The van der Waals surface area contributed by atoms with E-state index in [-0.39, 0.29) is 5.41 Å². The van der Waals surface area contributed by atoms with Gasteiger partial charge in [-0.25, -0.2) is 0 Å². The van der Waals surface area contributed by atoms with Crippen molar-refractivity contribution in [3.8, 4) is 11.5 Å². The lowest BCUT2D eigenvalue weighted by Crippen LogP contribution is -2.41. The zero-order chi connectivity index (χ0) is 17.6.